The number of hydrogen-bond acceptors (Lipinski definition) is 3. The van der Waals surface area contributed by atoms with Crippen LogP contribution in [-0.4, -0.2) is 36.7 Å². The van der Waals surface area contributed by atoms with Gasteiger partial charge in [0.2, 0.25) is 0 Å². The monoisotopic (exact) mass is 262 g/mol. The van der Waals surface area contributed by atoms with Crippen LogP contribution >= 0.6 is 0 Å². The third-order valence-electron chi connectivity index (χ3n) is 4.21. The second kappa shape index (κ2) is 6.92. The first kappa shape index (κ1) is 14.4. The zero-order valence-electron chi connectivity index (χ0n) is 12.1. The molecule has 1 atom stereocenters. The van der Waals surface area contributed by atoms with Gasteiger partial charge in [0.25, 0.3) is 0 Å². The number of aromatic hydroxyl groups is 1. The molecular formula is C16H26N2O. The largest absolute Gasteiger partial charge is 0.508 e. The predicted molar refractivity (Wildman–Crippen MR) is 79.4 cm³/mol. The normalized spacial score (nSPS) is 19.5. The average Bonchev–Trinajstić information content (AvgIpc) is 2.43. The van der Waals surface area contributed by atoms with Gasteiger partial charge in [-0.2, -0.15) is 0 Å². The summed E-state index contributed by atoms with van der Waals surface area (Å²) in [5.41, 5.74) is 1.03. The molecule has 0 spiro atoms. The minimum Gasteiger partial charge on any atom is -0.508 e. The molecule has 1 saturated heterocycles. The number of nitrogens with one attached hydrogen (secondary N) is 1. The minimum absolute atomic E-state index is 0.265. The molecule has 1 fully saturated rings. The number of phenolic OH excluding ortho intramolecular Hbond substituents is 1. The van der Waals surface area contributed by atoms with Gasteiger partial charge in [0.15, 0.2) is 0 Å². The van der Waals surface area contributed by atoms with Crippen molar-refractivity contribution in [1.82, 2.24) is 10.2 Å². The number of phenols is 1. The lowest BCUT2D eigenvalue weighted by Gasteiger charge is -2.30. The lowest BCUT2D eigenvalue weighted by atomic mass is 9.95. The average molecular weight is 262 g/mol. The number of rotatable bonds is 5. The third-order valence-corrected chi connectivity index (χ3v) is 4.21. The molecule has 0 bridgehead atoms. The first-order valence-electron chi connectivity index (χ1n) is 7.40. The minimum atomic E-state index is 0.265. The molecule has 1 aromatic rings. The van der Waals surface area contributed by atoms with Crippen molar-refractivity contribution < 1.29 is 5.11 Å². The van der Waals surface area contributed by atoms with Crippen LogP contribution in [0.5, 0.6) is 5.75 Å². The maximum absolute atomic E-state index is 9.94. The SMILES string of the molecule is CCC(NCC1CCN(C)CC1)c1ccccc1O. The summed E-state index contributed by atoms with van der Waals surface area (Å²) in [5, 5.41) is 13.6. The molecular weight excluding hydrogens is 236 g/mol. The van der Waals surface area contributed by atoms with Gasteiger partial charge in [-0.3, -0.25) is 0 Å². The fourth-order valence-corrected chi connectivity index (χ4v) is 2.83. The van der Waals surface area contributed by atoms with Gasteiger partial charge in [-0.1, -0.05) is 25.1 Å². The summed E-state index contributed by atoms with van der Waals surface area (Å²) < 4.78 is 0. The molecule has 2 rings (SSSR count). The predicted octanol–water partition coefficient (Wildman–Crippen LogP) is 2.77. The molecule has 1 aliphatic heterocycles. The summed E-state index contributed by atoms with van der Waals surface area (Å²) in [6.45, 7) is 5.64. The summed E-state index contributed by atoms with van der Waals surface area (Å²) in [6, 6.07) is 7.93. The molecule has 0 aromatic heterocycles. The fraction of sp³-hybridized carbons (Fsp3) is 0.625. The van der Waals surface area contributed by atoms with Crippen LogP contribution in [-0.2, 0) is 0 Å². The second-order valence-corrected chi connectivity index (χ2v) is 5.67. The quantitative estimate of drug-likeness (QED) is 0.856. The molecule has 3 heteroatoms. The van der Waals surface area contributed by atoms with E-state index < -0.39 is 0 Å². The lowest BCUT2D eigenvalue weighted by molar-refractivity contribution is 0.212. The molecule has 3 nitrogen and oxygen atoms in total. The molecule has 0 amide bonds. The van der Waals surface area contributed by atoms with Gasteiger partial charge in [0.05, 0.1) is 0 Å². The highest BCUT2D eigenvalue weighted by Gasteiger charge is 2.19. The highest BCUT2D eigenvalue weighted by atomic mass is 16.3. The summed E-state index contributed by atoms with van der Waals surface area (Å²) in [7, 11) is 2.19. The zero-order chi connectivity index (χ0) is 13.7. The Labute approximate surface area is 116 Å². The molecule has 0 aliphatic carbocycles. The molecule has 1 aliphatic rings. The van der Waals surface area contributed by atoms with Crippen LogP contribution in [0.25, 0.3) is 0 Å². The number of para-hydroxylation sites is 1. The second-order valence-electron chi connectivity index (χ2n) is 5.67. The highest BCUT2D eigenvalue weighted by molar-refractivity contribution is 5.34. The molecule has 1 aromatic carbocycles. The van der Waals surface area contributed by atoms with Crippen LogP contribution in [0.3, 0.4) is 0 Å². The first-order valence-corrected chi connectivity index (χ1v) is 7.40. The van der Waals surface area contributed by atoms with Crippen LogP contribution in [0.15, 0.2) is 24.3 Å². The van der Waals surface area contributed by atoms with Crippen molar-refractivity contribution >= 4 is 0 Å². The summed E-state index contributed by atoms with van der Waals surface area (Å²) in [5.74, 6) is 1.18. The van der Waals surface area contributed by atoms with Gasteiger partial charge < -0.3 is 15.3 Å². The van der Waals surface area contributed by atoms with Crippen molar-refractivity contribution in [2.24, 2.45) is 5.92 Å². The van der Waals surface area contributed by atoms with E-state index in [1.165, 1.54) is 25.9 Å². The van der Waals surface area contributed by atoms with E-state index in [9.17, 15) is 5.11 Å². The van der Waals surface area contributed by atoms with Crippen LogP contribution in [0.4, 0.5) is 0 Å². The van der Waals surface area contributed by atoms with E-state index >= 15 is 0 Å². The zero-order valence-corrected chi connectivity index (χ0v) is 12.1. The van der Waals surface area contributed by atoms with E-state index in [2.05, 4.69) is 24.2 Å². The topological polar surface area (TPSA) is 35.5 Å². The molecule has 1 unspecified atom stereocenters. The van der Waals surface area contributed by atoms with E-state index in [1.54, 1.807) is 6.07 Å². The number of nitrogens with zero attached hydrogens (tertiary/aromatic N) is 1. The molecule has 0 radical (unpaired) electrons. The Morgan fingerprint density at radius 1 is 1.32 bits per heavy atom. The smallest absolute Gasteiger partial charge is 0.120 e. The van der Waals surface area contributed by atoms with Gasteiger partial charge >= 0.3 is 0 Å². The van der Waals surface area contributed by atoms with Gasteiger partial charge in [-0.15, -0.1) is 0 Å². The van der Waals surface area contributed by atoms with Crippen LogP contribution < -0.4 is 5.32 Å². The maximum atomic E-state index is 9.94. The van der Waals surface area contributed by atoms with Gasteiger partial charge in [-0.05, 0) is 57.9 Å². The molecule has 2 N–H and O–H groups in total. The Morgan fingerprint density at radius 2 is 2.00 bits per heavy atom. The summed E-state index contributed by atoms with van der Waals surface area (Å²) >= 11 is 0. The van der Waals surface area contributed by atoms with Crippen molar-refractivity contribution in [3.05, 3.63) is 29.8 Å². The summed E-state index contributed by atoms with van der Waals surface area (Å²) in [4.78, 5) is 2.40. The van der Waals surface area contributed by atoms with Crippen LogP contribution in [0, 0.1) is 5.92 Å². The Morgan fingerprint density at radius 3 is 2.63 bits per heavy atom. The number of hydrogen-bond donors (Lipinski definition) is 2. The third kappa shape index (κ3) is 3.95. The van der Waals surface area contributed by atoms with Crippen LogP contribution in [0.2, 0.25) is 0 Å². The van der Waals surface area contributed by atoms with Crippen molar-refractivity contribution in [2.75, 3.05) is 26.7 Å². The highest BCUT2D eigenvalue weighted by Crippen LogP contribution is 2.26. The van der Waals surface area contributed by atoms with E-state index in [4.69, 9.17) is 0 Å². The Kier molecular flexibility index (Phi) is 5.23. The maximum Gasteiger partial charge on any atom is 0.120 e. The lowest BCUT2D eigenvalue weighted by Crippen LogP contribution is -2.36. The number of piperidine rings is 1. The van der Waals surface area contributed by atoms with E-state index in [0.717, 1.165) is 24.4 Å². The first-order chi connectivity index (χ1) is 9.20. The van der Waals surface area contributed by atoms with E-state index in [-0.39, 0.29) is 6.04 Å². The van der Waals surface area contributed by atoms with E-state index in [0.29, 0.717) is 5.75 Å². The van der Waals surface area contributed by atoms with Gasteiger partial charge in [-0.25, -0.2) is 0 Å². The van der Waals surface area contributed by atoms with Crippen molar-refractivity contribution in [3.63, 3.8) is 0 Å². The van der Waals surface area contributed by atoms with E-state index in [1.807, 2.05) is 18.2 Å². The Hall–Kier alpha value is -1.06. The van der Waals surface area contributed by atoms with Crippen molar-refractivity contribution in [2.45, 2.75) is 32.2 Å². The van der Waals surface area contributed by atoms with Gasteiger partial charge in [0.1, 0.15) is 5.75 Å². The number of benzene rings is 1. The van der Waals surface area contributed by atoms with Gasteiger partial charge in [0, 0.05) is 11.6 Å². The molecule has 1 heterocycles. The number of likely N-dealkylation sites (tertiary alicyclic amines) is 1. The summed E-state index contributed by atoms with van der Waals surface area (Å²) in [6.07, 6.45) is 3.56. The fourth-order valence-electron chi connectivity index (χ4n) is 2.83. The van der Waals surface area contributed by atoms with Crippen molar-refractivity contribution in [1.29, 1.82) is 0 Å². The Bertz CT molecular complexity index is 386. The van der Waals surface area contributed by atoms with Crippen LogP contribution in [0.1, 0.15) is 37.8 Å². The molecule has 106 valence electrons. The molecule has 19 heavy (non-hydrogen) atoms. The van der Waals surface area contributed by atoms with Crippen molar-refractivity contribution in [3.8, 4) is 5.75 Å². The molecule has 0 saturated carbocycles. The Balaban J connectivity index is 1.88. The standard InChI is InChI=1S/C16H26N2O/c1-3-15(14-6-4-5-7-16(14)19)17-12-13-8-10-18(2)11-9-13/h4-7,13,15,17,19H,3,8-12H2,1-2H3.